The number of likely N-dealkylation sites (tertiary alicyclic amines) is 1. The number of nitrogens with zero attached hydrogens (tertiary/aromatic N) is 4. The van der Waals surface area contributed by atoms with Crippen molar-refractivity contribution in [3.05, 3.63) is 50.9 Å². The number of hydrogen-bond acceptors (Lipinski definition) is 4. The zero-order valence-corrected chi connectivity index (χ0v) is 21.3. The molecule has 0 unspecified atom stereocenters. The second-order valence-electron chi connectivity index (χ2n) is 7.49. The molecule has 1 fully saturated rings. The molecule has 0 spiro atoms. The number of thiazole rings is 1. The number of guanidine groups is 1. The smallest absolute Gasteiger partial charge is 0.193 e. The number of halogens is 2. The van der Waals surface area contributed by atoms with Crippen LogP contribution in [0.4, 0.5) is 0 Å². The molecule has 0 amide bonds. The van der Waals surface area contributed by atoms with Gasteiger partial charge in [-0.05, 0) is 56.5 Å². The molecule has 2 aromatic rings. The summed E-state index contributed by atoms with van der Waals surface area (Å²) in [5.74, 6) is 1.63. The molecular weight excluding hydrogens is 517 g/mol. The predicted molar refractivity (Wildman–Crippen MR) is 135 cm³/mol. The van der Waals surface area contributed by atoms with Gasteiger partial charge in [0, 0.05) is 44.1 Å². The average Bonchev–Trinajstić information content (AvgIpc) is 3.10. The highest BCUT2D eigenvalue weighted by atomic mass is 127. The van der Waals surface area contributed by atoms with Crippen LogP contribution in [0.15, 0.2) is 34.6 Å². The second-order valence-corrected chi connectivity index (χ2v) is 8.99. The lowest BCUT2D eigenvalue weighted by atomic mass is 9.97. The maximum absolute atomic E-state index is 5.97. The van der Waals surface area contributed by atoms with Gasteiger partial charge in [0.25, 0.3) is 0 Å². The zero-order chi connectivity index (χ0) is 19.9. The predicted octanol–water partition coefficient (Wildman–Crippen LogP) is 4.64. The van der Waals surface area contributed by atoms with E-state index >= 15 is 0 Å². The van der Waals surface area contributed by atoms with E-state index in [1.54, 1.807) is 11.3 Å². The van der Waals surface area contributed by atoms with Gasteiger partial charge in [-0.15, -0.1) is 35.3 Å². The van der Waals surface area contributed by atoms with E-state index in [0.29, 0.717) is 5.92 Å². The van der Waals surface area contributed by atoms with E-state index in [1.165, 1.54) is 24.1 Å². The Kier molecular flexibility index (Phi) is 10.1. The number of aryl methyl sites for hydroxylation is 1. The number of benzene rings is 1. The van der Waals surface area contributed by atoms with Crippen molar-refractivity contribution in [1.29, 1.82) is 0 Å². The Morgan fingerprint density at radius 3 is 2.59 bits per heavy atom. The summed E-state index contributed by atoms with van der Waals surface area (Å²) < 4.78 is 0. The molecule has 29 heavy (non-hydrogen) atoms. The van der Waals surface area contributed by atoms with Crippen LogP contribution in [0.25, 0.3) is 0 Å². The third-order valence-corrected chi connectivity index (χ3v) is 6.29. The van der Waals surface area contributed by atoms with Crippen LogP contribution in [0, 0.1) is 12.8 Å². The molecule has 1 N–H and O–H groups in total. The van der Waals surface area contributed by atoms with Gasteiger partial charge < -0.3 is 10.2 Å². The molecule has 0 aliphatic carbocycles. The van der Waals surface area contributed by atoms with Crippen molar-refractivity contribution in [1.82, 2.24) is 20.1 Å². The Balaban J connectivity index is 0.00000300. The molecule has 8 heteroatoms. The molecular formula is C21H31ClIN5S. The first-order valence-corrected chi connectivity index (χ1v) is 11.1. The van der Waals surface area contributed by atoms with Crippen LogP contribution in [-0.2, 0) is 13.1 Å². The molecule has 1 aliphatic heterocycles. The summed E-state index contributed by atoms with van der Waals surface area (Å²) >= 11 is 7.71. The Labute approximate surface area is 200 Å². The highest BCUT2D eigenvalue weighted by molar-refractivity contribution is 14.0. The summed E-state index contributed by atoms with van der Waals surface area (Å²) in [5, 5.41) is 7.67. The number of piperidine rings is 1. The molecule has 0 radical (unpaired) electrons. The largest absolute Gasteiger partial charge is 0.356 e. The van der Waals surface area contributed by atoms with E-state index in [0.717, 1.165) is 48.7 Å². The van der Waals surface area contributed by atoms with Gasteiger partial charge in [0.1, 0.15) is 0 Å². The normalized spacial score (nSPS) is 15.8. The van der Waals surface area contributed by atoms with E-state index in [1.807, 2.05) is 19.2 Å². The van der Waals surface area contributed by atoms with E-state index in [4.69, 9.17) is 11.6 Å². The Morgan fingerprint density at radius 2 is 2.00 bits per heavy atom. The van der Waals surface area contributed by atoms with Crippen LogP contribution in [0.2, 0.25) is 5.02 Å². The van der Waals surface area contributed by atoms with Crippen LogP contribution >= 0.6 is 46.9 Å². The summed E-state index contributed by atoms with van der Waals surface area (Å²) in [5.41, 5.74) is 2.43. The fraction of sp³-hybridized carbons (Fsp3) is 0.524. The Morgan fingerprint density at radius 1 is 1.31 bits per heavy atom. The SMILES string of the molecule is CN=C(NCC1CCN(Cc2csc(C)n2)CC1)N(C)Cc1ccc(Cl)cc1.I. The first-order valence-electron chi connectivity index (χ1n) is 9.83. The topological polar surface area (TPSA) is 43.8 Å². The molecule has 160 valence electrons. The number of rotatable bonds is 6. The molecule has 0 bridgehead atoms. The van der Waals surface area contributed by atoms with Crippen LogP contribution < -0.4 is 5.32 Å². The summed E-state index contributed by atoms with van der Waals surface area (Å²) in [4.78, 5) is 13.7. The van der Waals surface area contributed by atoms with Gasteiger partial charge in [-0.3, -0.25) is 9.89 Å². The highest BCUT2D eigenvalue weighted by Crippen LogP contribution is 2.19. The van der Waals surface area contributed by atoms with Crippen LogP contribution in [-0.4, -0.2) is 54.5 Å². The lowest BCUT2D eigenvalue weighted by Gasteiger charge is -2.32. The molecule has 0 atom stereocenters. The molecule has 0 saturated carbocycles. The van der Waals surface area contributed by atoms with Crippen molar-refractivity contribution in [2.24, 2.45) is 10.9 Å². The quantitative estimate of drug-likeness (QED) is 0.325. The van der Waals surface area contributed by atoms with Crippen molar-refractivity contribution >= 4 is 52.9 Å². The number of hydrogen-bond donors (Lipinski definition) is 1. The first kappa shape index (κ1) is 24.4. The van der Waals surface area contributed by atoms with Crippen molar-refractivity contribution in [2.75, 3.05) is 33.7 Å². The average molecular weight is 548 g/mol. The standard InChI is InChI=1S/C21H30ClN5S.HI/c1-16-25-20(15-28-16)14-27-10-8-17(9-11-27)12-24-21(23-2)26(3)13-18-4-6-19(22)7-5-18;/h4-7,15,17H,8-14H2,1-3H3,(H,23,24);1H. The van der Waals surface area contributed by atoms with Crippen LogP contribution in [0.3, 0.4) is 0 Å². The third-order valence-electron chi connectivity index (χ3n) is 5.21. The van der Waals surface area contributed by atoms with Crippen molar-refractivity contribution in [3.8, 4) is 0 Å². The molecule has 1 aliphatic rings. The van der Waals surface area contributed by atoms with Gasteiger partial charge in [-0.1, -0.05) is 23.7 Å². The molecule has 1 aromatic heterocycles. The van der Waals surface area contributed by atoms with E-state index in [9.17, 15) is 0 Å². The van der Waals surface area contributed by atoms with Crippen molar-refractivity contribution in [2.45, 2.75) is 32.9 Å². The van der Waals surface area contributed by atoms with E-state index < -0.39 is 0 Å². The van der Waals surface area contributed by atoms with Crippen molar-refractivity contribution < 1.29 is 0 Å². The molecule has 1 saturated heterocycles. The monoisotopic (exact) mass is 547 g/mol. The molecule has 5 nitrogen and oxygen atoms in total. The maximum atomic E-state index is 5.97. The van der Waals surface area contributed by atoms with E-state index in [-0.39, 0.29) is 24.0 Å². The fourth-order valence-electron chi connectivity index (χ4n) is 3.62. The molecule has 3 rings (SSSR count). The van der Waals surface area contributed by atoms with Gasteiger partial charge in [-0.2, -0.15) is 0 Å². The number of nitrogens with one attached hydrogen (secondary N) is 1. The lowest BCUT2D eigenvalue weighted by molar-refractivity contribution is 0.176. The van der Waals surface area contributed by atoms with Crippen LogP contribution in [0.1, 0.15) is 29.1 Å². The minimum absolute atomic E-state index is 0. The maximum Gasteiger partial charge on any atom is 0.193 e. The lowest BCUT2D eigenvalue weighted by Crippen LogP contribution is -2.43. The number of aromatic nitrogens is 1. The minimum Gasteiger partial charge on any atom is -0.356 e. The van der Waals surface area contributed by atoms with Gasteiger partial charge in [0.15, 0.2) is 5.96 Å². The summed E-state index contributed by atoms with van der Waals surface area (Å²) in [7, 11) is 3.92. The van der Waals surface area contributed by atoms with Gasteiger partial charge >= 0.3 is 0 Å². The first-order chi connectivity index (χ1) is 13.5. The third kappa shape index (κ3) is 7.70. The second kappa shape index (κ2) is 12.1. The van der Waals surface area contributed by atoms with Crippen molar-refractivity contribution in [3.63, 3.8) is 0 Å². The van der Waals surface area contributed by atoms with Gasteiger partial charge in [-0.25, -0.2) is 4.98 Å². The van der Waals surface area contributed by atoms with Gasteiger partial charge in [0.2, 0.25) is 0 Å². The highest BCUT2D eigenvalue weighted by Gasteiger charge is 2.20. The summed E-state index contributed by atoms with van der Waals surface area (Å²) in [6.07, 6.45) is 2.43. The zero-order valence-electron chi connectivity index (χ0n) is 17.4. The minimum atomic E-state index is 0. The summed E-state index contributed by atoms with van der Waals surface area (Å²) in [6.45, 7) is 7.12. The molecule has 1 aromatic carbocycles. The summed E-state index contributed by atoms with van der Waals surface area (Å²) in [6, 6.07) is 7.99. The Bertz CT molecular complexity index is 772. The number of aliphatic imine (C=N–C) groups is 1. The Hall–Kier alpha value is -0.900. The van der Waals surface area contributed by atoms with E-state index in [2.05, 4.69) is 56.6 Å². The molecule has 2 heterocycles. The fourth-order valence-corrected chi connectivity index (χ4v) is 4.35. The van der Waals surface area contributed by atoms with Crippen LogP contribution in [0.5, 0.6) is 0 Å². The van der Waals surface area contributed by atoms with Gasteiger partial charge in [0.05, 0.1) is 10.7 Å².